The smallest absolute Gasteiger partial charge is 0.337 e. The van der Waals surface area contributed by atoms with Gasteiger partial charge in [0.25, 0.3) is 0 Å². The Labute approximate surface area is 113 Å². The molecule has 0 aromatic carbocycles. The first-order chi connectivity index (χ1) is 9.49. The summed E-state index contributed by atoms with van der Waals surface area (Å²) in [6, 6.07) is 2.73. The van der Waals surface area contributed by atoms with Gasteiger partial charge in [-0.1, -0.05) is 0 Å². The van der Waals surface area contributed by atoms with Gasteiger partial charge in [-0.25, -0.2) is 9.78 Å². The van der Waals surface area contributed by atoms with E-state index in [1.807, 2.05) is 0 Å². The molecule has 0 spiro atoms. The largest absolute Gasteiger partial charge is 0.478 e. The van der Waals surface area contributed by atoms with Crippen LogP contribution < -0.4 is 5.32 Å². The van der Waals surface area contributed by atoms with Gasteiger partial charge in [-0.2, -0.15) is 5.10 Å². The summed E-state index contributed by atoms with van der Waals surface area (Å²) in [4.78, 5) is 24.8. The van der Waals surface area contributed by atoms with Crippen LogP contribution in [0.1, 0.15) is 16.1 Å². The predicted octanol–water partition coefficient (Wildman–Crippen LogP) is 1.03. The Morgan fingerprint density at radius 2 is 2.35 bits per heavy atom. The number of pyridine rings is 1. The van der Waals surface area contributed by atoms with E-state index in [1.165, 1.54) is 0 Å². The lowest BCUT2D eigenvalue weighted by atomic mass is 10.2. The summed E-state index contributed by atoms with van der Waals surface area (Å²) in [7, 11) is 1.74. The Kier molecular flexibility index (Phi) is 3.60. The lowest BCUT2D eigenvalue weighted by Gasteiger charge is -2.07. The predicted molar refractivity (Wildman–Crippen MR) is 68.4 cm³/mol. The average Bonchev–Trinajstić information content (AvgIpc) is 2.81. The highest BCUT2D eigenvalue weighted by Crippen LogP contribution is 2.23. The van der Waals surface area contributed by atoms with E-state index in [4.69, 9.17) is 5.11 Å². The number of carboxylic acid groups (broad SMARTS) is 1. The molecule has 2 aromatic heterocycles. The number of aromatic carboxylic acids is 1. The molecular formula is C11H11N5O4. The molecule has 104 valence electrons. The monoisotopic (exact) mass is 277 g/mol. The van der Waals surface area contributed by atoms with E-state index in [9.17, 15) is 14.9 Å². The quantitative estimate of drug-likeness (QED) is 0.618. The molecule has 0 radical (unpaired) electrons. The Bertz CT molecular complexity index is 667. The van der Waals surface area contributed by atoms with Gasteiger partial charge in [-0.3, -0.25) is 14.8 Å². The van der Waals surface area contributed by atoms with Crippen LogP contribution in [0, 0.1) is 10.1 Å². The lowest BCUT2D eigenvalue weighted by Crippen LogP contribution is -2.09. The van der Waals surface area contributed by atoms with Crippen molar-refractivity contribution in [2.24, 2.45) is 7.05 Å². The fourth-order valence-electron chi connectivity index (χ4n) is 1.59. The minimum Gasteiger partial charge on any atom is -0.478 e. The molecule has 2 heterocycles. The second kappa shape index (κ2) is 5.34. The first-order valence-corrected chi connectivity index (χ1v) is 5.57. The van der Waals surface area contributed by atoms with Crippen LogP contribution in [0.15, 0.2) is 24.5 Å². The van der Waals surface area contributed by atoms with Crippen molar-refractivity contribution in [2.45, 2.75) is 6.54 Å². The van der Waals surface area contributed by atoms with Crippen LogP contribution in [0.3, 0.4) is 0 Å². The zero-order valence-corrected chi connectivity index (χ0v) is 10.5. The molecule has 0 fully saturated rings. The molecule has 0 atom stereocenters. The van der Waals surface area contributed by atoms with Gasteiger partial charge in [0.1, 0.15) is 0 Å². The molecule has 2 aromatic rings. The second-order valence-corrected chi connectivity index (χ2v) is 3.95. The molecule has 0 aliphatic carbocycles. The number of anilines is 1. The summed E-state index contributed by atoms with van der Waals surface area (Å²) < 4.78 is 1.62. The Morgan fingerprint density at radius 1 is 1.60 bits per heavy atom. The highest BCUT2D eigenvalue weighted by molar-refractivity contribution is 5.88. The minimum absolute atomic E-state index is 0.0150. The van der Waals surface area contributed by atoms with Crippen molar-refractivity contribution >= 4 is 17.5 Å². The van der Waals surface area contributed by atoms with Crippen LogP contribution in [-0.2, 0) is 13.6 Å². The van der Waals surface area contributed by atoms with Crippen molar-refractivity contribution in [3.63, 3.8) is 0 Å². The molecule has 9 nitrogen and oxygen atoms in total. The van der Waals surface area contributed by atoms with Gasteiger partial charge in [0.15, 0.2) is 0 Å². The molecule has 0 aliphatic rings. The van der Waals surface area contributed by atoms with E-state index in [1.54, 1.807) is 24.0 Å². The number of carbonyl (C=O) groups is 1. The van der Waals surface area contributed by atoms with Gasteiger partial charge < -0.3 is 10.4 Å². The lowest BCUT2D eigenvalue weighted by molar-refractivity contribution is -0.384. The van der Waals surface area contributed by atoms with Crippen molar-refractivity contribution in [1.82, 2.24) is 14.8 Å². The first-order valence-electron chi connectivity index (χ1n) is 5.57. The Morgan fingerprint density at radius 3 is 2.90 bits per heavy atom. The third-order valence-corrected chi connectivity index (χ3v) is 2.67. The van der Waals surface area contributed by atoms with Crippen molar-refractivity contribution < 1.29 is 14.8 Å². The van der Waals surface area contributed by atoms with E-state index in [2.05, 4.69) is 15.4 Å². The molecule has 0 saturated carbocycles. The van der Waals surface area contributed by atoms with Crippen LogP contribution in [-0.4, -0.2) is 30.8 Å². The van der Waals surface area contributed by atoms with Crippen molar-refractivity contribution in [2.75, 3.05) is 5.32 Å². The maximum atomic E-state index is 10.9. The number of aryl methyl sites for hydroxylation is 1. The van der Waals surface area contributed by atoms with Gasteiger partial charge in [0.05, 0.1) is 22.7 Å². The standard InChI is InChI=1S/C11H11N5O4/c1-15-8(2-3-14-15)6-13-10-9(16(19)20)4-7(5-12-10)11(17)18/h2-5H,6H2,1H3,(H,12,13)(H,17,18). The molecule has 0 aliphatic heterocycles. The fraction of sp³-hybridized carbons (Fsp3) is 0.182. The summed E-state index contributed by atoms with van der Waals surface area (Å²) in [5.41, 5.74) is 0.193. The number of hydrogen-bond acceptors (Lipinski definition) is 6. The van der Waals surface area contributed by atoms with Crippen molar-refractivity contribution in [1.29, 1.82) is 0 Å². The first kappa shape index (κ1) is 13.5. The van der Waals surface area contributed by atoms with Crippen LogP contribution in [0.5, 0.6) is 0 Å². The molecule has 0 saturated heterocycles. The number of hydrogen-bond donors (Lipinski definition) is 2. The maximum absolute atomic E-state index is 10.9. The summed E-state index contributed by atoms with van der Waals surface area (Å²) in [6.07, 6.45) is 2.67. The van der Waals surface area contributed by atoms with Crippen LogP contribution in [0.4, 0.5) is 11.5 Å². The number of nitrogens with zero attached hydrogens (tertiary/aromatic N) is 4. The minimum atomic E-state index is -1.27. The summed E-state index contributed by atoms with van der Waals surface area (Å²) in [6.45, 7) is 0.288. The normalized spacial score (nSPS) is 10.2. The van der Waals surface area contributed by atoms with Crippen LogP contribution >= 0.6 is 0 Å². The highest BCUT2D eigenvalue weighted by Gasteiger charge is 2.18. The molecular weight excluding hydrogens is 266 g/mol. The number of nitro groups is 1. The van der Waals surface area contributed by atoms with Crippen molar-refractivity contribution in [3.05, 3.63) is 45.9 Å². The van der Waals surface area contributed by atoms with Gasteiger partial charge in [-0.15, -0.1) is 0 Å². The molecule has 0 unspecified atom stereocenters. The average molecular weight is 277 g/mol. The van der Waals surface area contributed by atoms with E-state index in [-0.39, 0.29) is 23.6 Å². The van der Waals surface area contributed by atoms with E-state index >= 15 is 0 Å². The van der Waals surface area contributed by atoms with Gasteiger partial charge in [-0.05, 0) is 6.07 Å². The number of aromatic nitrogens is 3. The molecule has 0 bridgehead atoms. The third kappa shape index (κ3) is 2.71. The Balaban J connectivity index is 2.25. The zero-order chi connectivity index (χ0) is 14.7. The van der Waals surface area contributed by atoms with E-state index in [0.29, 0.717) is 0 Å². The second-order valence-electron chi connectivity index (χ2n) is 3.95. The summed E-state index contributed by atoms with van der Waals surface area (Å²) in [5.74, 6) is -1.25. The van der Waals surface area contributed by atoms with Crippen molar-refractivity contribution in [3.8, 4) is 0 Å². The topological polar surface area (TPSA) is 123 Å². The summed E-state index contributed by atoms with van der Waals surface area (Å²) >= 11 is 0. The summed E-state index contributed by atoms with van der Waals surface area (Å²) in [5, 5.41) is 26.5. The maximum Gasteiger partial charge on any atom is 0.337 e. The van der Waals surface area contributed by atoms with Gasteiger partial charge in [0, 0.05) is 25.5 Å². The van der Waals surface area contributed by atoms with Gasteiger partial charge >= 0.3 is 11.7 Å². The molecule has 2 rings (SSSR count). The van der Waals surface area contributed by atoms with E-state index in [0.717, 1.165) is 18.0 Å². The third-order valence-electron chi connectivity index (χ3n) is 2.67. The number of nitrogens with one attached hydrogen (secondary N) is 1. The SMILES string of the molecule is Cn1nccc1CNc1ncc(C(=O)O)cc1[N+](=O)[O-]. The molecule has 2 N–H and O–H groups in total. The zero-order valence-electron chi connectivity index (χ0n) is 10.5. The Hall–Kier alpha value is -2.97. The van der Waals surface area contributed by atoms with Crippen LogP contribution in [0.25, 0.3) is 0 Å². The highest BCUT2D eigenvalue weighted by atomic mass is 16.6. The van der Waals surface area contributed by atoms with Crippen LogP contribution in [0.2, 0.25) is 0 Å². The number of carboxylic acids is 1. The fourth-order valence-corrected chi connectivity index (χ4v) is 1.59. The molecule has 0 amide bonds. The molecule has 9 heteroatoms. The van der Waals surface area contributed by atoms with Gasteiger partial charge in [0.2, 0.25) is 5.82 Å². The van der Waals surface area contributed by atoms with E-state index < -0.39 is 10.9 Å². The molecule has 20 heavy (non-hydrogen) atoms. The number of rotatable bonds is 5.